The molecule has 4 aromatic heterocycles. The van der Waals surface area contributed by atoms with Gasteiger partial charge in [-0.15, -0.1) is 0 Å². The SMILES string of the molecule is NC(=O)Cn1ncc(-c2ccc3nc(-c4nccnc4N)n(-c4ccc(CO)cc4)c3n2)n1. The van der Waals surface area contributed by atoms with Crippen molar-refractivity contribution in [3.63, 3.8) is 0 Å². The molecule has 0 aliphatic heterocycles. The Kier molecular flexibility index (Phi) is 4.95. The second-order valence-corrected chi connectivity index (χ2v) is 7.15. The summed E-state index contributed by atoms with van der Waals surface area (Å²) in [6.07, 6.45) is 4.56. The molecule has 33 heavy (non-hydrogen) atoms. The number of anilines is 1. The van der Waals surface area contributed by atoms with Gasteiger partial charge in [0.25, 0.3) is 0 Å². The zero-order chi connectivity index (χ0) is 22.9. The number of aliphatic hydroxyl groups is 1. The van der Waals surface area contributed by atoms with Crippen molar-refractivity contribution in [1.82, 2.24) is 39.5 Å². The fraction of sp³-hybridized carbons (Fsp3) is 0.0952. The van der Waals surface area contributed by atoms with Crippen LogP contribution in [0.2, 0.25) is 0 Å². The summed E-state index contributed by atoms with van der Waals surface area (Å²) in [4.78, 5) is 30.3. The molecule has 4 heterocycles. The van der Waals surface area contributed by atoms with Gasteiger partial charge in [-0.25, -0.2) is 19.9 Å². The summed E-state index contributed by atoms with van der Waals surface area (Å²) in [6, 6.07) is 10.9. The van der Waals surface area contributed by atoms with Crippen LogP contribution in [0.4, 0.5) is 5.82 Å². The van der Waals surface area contributed by atoms with E-state index in [9.17, 15) is 9.90 Å². The minimum absolute atomic E-state index is 0.0711. The van der Waals surface area contributed by atoms with Crippen molar-refractivity contribution in [3.8, 4) is 28.6 Å². The van der Waals surface area contributed by atoms with Gasteiger partial charge in [0, 0.05) is 18.1 Å². The van der Waals surface area contributed by atoms with E-state index in [4.69, 9.17) is 21.4 Å². The first-order valence-corrected chi connectivity index (χ1v) is 9.89. The maximum absolute atomic E-state index is 11.2. The third kappa shape index (κ3) is 3.74. The van der Waals surface area contributed by atoms with Crippen molar-refractivity contribution in [2.45, 2.75) is 13.2 Å². The first-order chi connectivity index (χ1) is 16.0. The van der Waals surface area contributed by atoms with Crippen molar-refractivity contribution in [1.29, 1.82) is 0 Å². The molecule has 0 aliphatic carbocycles. The van der Waals surface area contributed by atoms with E-state index < -0.39 is 5.91 Å². The quantitative estimate of drug-likeness (QED) is 0.341. The molecule has 5 N–H and O–H groups in total. The van der Waals surface area contributed by atoms with Crippen molar-refractivity contribution in [2.24, 2.45) is 5.73 Å². The number of nitrogens with two attached hydrogens (primary N) is 2. The van der Waals surface area contributed by atoms with E-state index in [1.54, 1.807) is 18.3 Å². The Morgan fingerprint density at radius 2 is 1.79 bits per heavy atom. The van der Waals surface area contributed by atoms with Crippen LogP contribution in [0.25, 0.3) is 39.8 Å². The molecule has 1 amide bonds. The van der Waals surface area contributed by atoms with Crippen LogP contribution in [0.5, 0.6) is 0 Å². The Bertz CT molecular complexity index is 1470. The van der Waals surface area contributed by atoms with E-state index in [1.807, 2.05) is 28.8 Å². The Morgan fingerprint density at radius 1 is 1.00 bits per heavy atom. The second kappa shape index (κ2) is 8.09. The smallest absolute Gasteiger partial charge is 0.241 e. The normalized spacial score (nSPS) is 11.2. The fourth-order valence-corrected chi connectivity index (χ4v) is 3.41. The number of fused-ring (bicyclic) bond motifs is 1. The summed E-state index contributed by atoms with van der Waals surface area (Å²) in [6.45, 7) is -0.203. The Balaban J connectivity index is 1.71. The number of carbonyl (C=O) groups excluding carboxylic acids is 1. The highest BCUT2D eigenvalue weighted by Crippen LogP contribution is 2.30. The van der Waals surface area contributed by atoms with E-state index in [1.165, 1.54) is 17.2 Å². The number of nitrogens with zero attached hydrogens (tertiary/aromatic N) is 8. The van der Waals surface area contributed by atoms with Crippen LogP contribution in [-0.4, -0.2) is 50.5 Å². The van der Waals surface area contributed by atoms with Crippen molar-refractivity contribution < 1.29 is 9.90 Å². The topological polar surface area (TPSA) is 177 Å². The molecule has 164 valence electrons. The van der Waals surface area contributed by atoms with Crippen molar-refractivity contribution >= 4 is 22.9 Å². The lowest BCUT2D eigenvalue weighted by Crippen LogP contribution is -2.20. The van der Waals surface area contributed by atoms with E-state index >= 15 is 0 Å². The summed E-state index contributed by atoms with van der Waals surface area (Å²) in [7, 11) is 0. The van der Waals surface area contributed by atoms with Crippen LogP contribution in [0.3, 0.4) is 0 Å². The van der Waals surface area contributed by atoms with Gasteiger partial charge < -0.3 is 16.6 Å². The lowest BCUT2D eigenvalue weighted by Gasteiger charge is -2.10. The molecule has 0 bridgehead atoms. The van der Waals surface area contributed by atoms with Gasteiger partial charge in [-0.3, -0.25) is 9.36 Å². The zero-order valence-electron chi connectivity index (χ0n) is 17.2. The number of amides is 1. The molecule has 1 aromatic carbocycles. The van der Waals surface area contributed by atoms with Crippen LogP contribution < -0.4 is 11.5 Å². The first-order valence-electron chi connectivity index (χ1n) is 9.89. The monoisotopic (exact) mass is 442 g/mol. The number of primary amides is 1. The van der Waals surface area contributed by atoms with Gasteiger partial charge >= 0.3 is 0 Å². The third-order valence-corrected chi connectivity index (χ3v) is 4.92. The summed E-state index contributed by atoms with van der Waals surface area (Å²) in [5.41, 5.74) is 15.4. The van der Waals surface area contributed by atoms with Crippen LogP contribution in [0.15, 0.2) is 55.0 Å². The van der Waals surface area contributed by atoms with Crippen molar-refractivity contribution in [3.05, 3.63) is 60.6 Å². The molecule has 0 fully saturated rings. The molecule has 0 atom stereocenters. The molecule has 12 nitrogen and oxygen atoms in total. The van der Waals surface area contributed by atoms with Gasteiger partial charge in [-0.1, -0.05) is 12.1 Å². The fourth-order valence-electron chi connectivity index (χ4n) is 3.41. The number of hydrogen-bond donors (Lipinski definition) is 3. The minimum atomic E-state index is -0.545. The van der Waals surface area contributed by atoms with Gasteiger partial charge in [0.1, 0.15) is 23.4 Å². The number of hydrogen-bond acceptors (Lipinski definition) is 9. The van der Waals surface area contributed by atoms with Crippen LogP contribution in [-0.2, 0) is 17.9 Å². The molecule has 0 unspecified atom stereocenters. The summed E-state index contributed by atoms with van der Waals surface area (Å²) >= 11 is 0. The van der Waals surface area contributed by atoms with Crippen molar-refractivity contribution in [2.75, 3.05) is 5.73 Å². The third-order valence-electron chi connectivity index (χ3n) is 4.92. The van der Waals surface area contributed by atoms with Gasteiger partial charge in [0.2, 0.25) is 5.91 Å². The second-order valence-electron chi connectivity index (χ2n) is 7.15. The maximum atomic E-state index is 11.2. The number of aliphatic hydroxyl groups excluding tert-OH is 1. The molecular weight excluding hydrogens is 424 g/mol. The number of pyridine rings is 1. The first kappa shape index (κ1) is 20.2. The molecular formula is C21H18N10O2. The number of benzene rings is 1. The van der Waals surface area contributed by atoms with E-state index in [2.05, 4.69) is 20.2 Å². The lowest BCUT2D eigenvalue weighted by atomic mass is 10.2. The van der Waals surface area contributed by atoms with E-state index in [0.29, 0.717) is 34.1 Å². The maximum Gasteiger partial charge on any atom is 0.241 e. The van der Waals surface area contributed by atoms with Crippen LogP contribution >= 0.6 is 0 Å². The summed E-state index contributed by atoms with van der Waals surface area (Å²) < 4.78 is 1.81. The van der Waals surface area contributed by atoms with Gasteiger partial charge in [-0.2, -0.15) is 15.0 Å². The average Bonchev–Trinajstić information content (AvgIpc) is 3.43. The van der Waals surface area contributed by atoms with E-state index in [-0.39, 0.29) is 19.0 Å². The molecule has 12 heteroatoms. The summed E-state index contributed by atoms with van der Waals surface area (Å²) in [5.74, 6) is 0.154. The highest BCUT2D eigenvalue weighted by Gasteiger charge is 2.20. The lowest BCUT2D eigenvalue weighted by molar-refractivity contribution is -0.118. The molecule has 0 aliphatic rings. The number of rotatable bonds is 6. The van der Waals surface area contributed by atoms with Crippen LogP contribution in [0.1, 0.15) is 5.56 Å². The number of carbonyl (C=O) groups is 1. The highest BCUT2D eigenvalue weighted by molar-refractivity contribution is 5.83. The molecule has 0 saturated carbocycles. The largest absolute Gasteiger partial charge is 0.392 e. The van der Waals surface area contributed by atoms with E-state index in [0.717, 1.165) is 11.3 Å². The molecule has 0 saturated heterocycles. The molecule has 0 spiro atoms. The van der Waals surface area contributed by atoms with Gasteiger partial charge in [-0.05, 0) is 29.8 Å². The average molecular weight is 442 g/mol. The van der Waals surface area contributed by atoms with Crippen LogP contribution in [0, 0.1) is 0 Å². The Labute approximate surface area is 186 Å². The number of aromatic nitrogens is 8. The predicted octanol–water partition coefficient (Wildman–Crippen LogP) is 0.696. The number of nitrogen functional groups attached to an aromatic ring is 1. The Morgan fingerprint density at radius 3 is 2.52 bits per heavy atom. The Hall–Kier alpha value is -4.71. The molecule has 5 rings (SSSR count). The predicted molar refractivity (Wildman–Crippen MR) is 118 cm³/mol. The number of imidazole rings is 1. The van der Waals surface area contributed by atoms with Gasteiger partial charge in [0.05, 0.1) is 18.5 Å². The molecule has 0 radical (unpaired) electrons. The minimum Gasteiger partial charge on any atom is -0.392 e. The standard InChI is InChI=1S/C21H18N10O2/c22-17(33)10-30-26-9-16(29-30)14-5-6-15-20(27-14)31(13-3-1-12(11-32)2-4-13)21(28-15)18-19(23)25-8-7-24-18/h1-9,32H,10-11H2,(H2,22,33)(H2,23,25). The summed E-state index contributed by atoms with van der Waals surface area (Å²) in [5, 5.41) is 17.7. The zero-order valence-corrected chi connectivity index (χ0v) is 17.2. The highest BCUT2D eigenvalue weighted by atomic mass is 16.3. The van der Waals surface area contributed by atoms with Gasteiger partial charge in [0.15, 0.2) is 17.3 Å². The molecule has 5 aromatic rings.